The van der Waals surface area contributed by atoms with E-state index in [1.54, 1.807) is 12.4 Å². The molecule has 100 valence electrons. The molecule has 0 atom stereocenters. The third-order valence-corrected chi connectivity index (χ3v) is 3.10. The van der Waals surface area contributed by atoms with Gasteiger partial charge in [0.05, 0.1) is 0 Å². The molecule has 0 N–H and O–H groups in total. The second-order valence-electron chi connectivity index (χ2n) is 4.73. The van der Waals surface area contributed by atoms with E-state index in [1.807, 2.05) is 12.1 Å². The lowest BCUT2D eigenvalue weighted by atomic mass is 10.1. The van der Waals surface area contributed by atoms with Crippen LogP contribution < -0.4 is 0 Å². The molecule has 2 aromatic heterocycles. The highest BCUT2D eigenvalue weighted by atomic mass is 16.4. The quantitative estimate of drug-likeness (QED) is 0.726. The van der Waals surface area contributed by atoms with Crippen LogP contribution in [0.5, 0.6) is 0 Å². The molecule has 20 heavy (non-hydrogen) atoms. The van der Waals surface area contributed by atoms with Crippen molar-refractivity contribution in [1.29, 1.82) is 0 Å². The zero-order chi connectivity index (χ0) is 13.8. The first-order chi connectivity index (χ1) is 9.81. The third kappa shape index (κ3) is 2.91. The normalized spacial score (nSPS) is 10.7. The first-order valence-electron chi connectivity index (χ1n) is 6.59. The molecule has 3 aromatic rings. The Morgan fingerprint density at radius 1 is 1.00 bits per heavy atom. The van der Waals surface area contributed by atoms with Gasteiger partial charge in [-0.3, -0.25) is 4.98 Å². The van der Waals surface area contributed by atoms with Crippen LogP contribution in [-0.2, 0) is 12.8 Å². The molecule has 0 amide bonds. The number of hydrogen-bond acceptors (Lipinski definition) is 4. The van der Waals surface area contributed by atoms with Crippen molar-refractivity contribution < 1.29 is 4.42 Å². The number of aryl methyl sites for hydroxylation is 3. The van der Waals surface area contributed by atoms with Crippen LogP contribution in [0.25, 0.3) is 11.5 Å². The van der Waals surface area contributed by atoms with E-state index in [0.29, 0.717) is 11.8 Å². The van der Waals surface area contributed by atoms with Crippen LogP contribution in [0.3, 0.4) is 0 Å². The Morgan fingerprint density at radius 3 is 2.65 bits per heavy atom. The van der Waals surface area contributed by atoms with E-state index >= 15 is 0 Å². The number of pyridine rings is 1. The molecule has 3 rings (SSSR count). The summed E-state index contributed by atoms with van der Waals surface area (Å²) in [4.78, 5) is 3.97. The van der Waals surface area contributed by atoms with E-state index in [0.717, 1.165) is 18.4 Å². The summed E-state index contributed by atoms with van der Waals surface area (Å²) >= 11 is 0. The first-order valence-corrected chi connectivity index (χ1v) is 6.59. The van der Waals surface area contributed by atoms with Crippen molar-refractivity contribution in [2.75, 3.05) is 0 Å². The van der Waals surface area contributed by atoms with Crippen LogP contribution in [0.15, 0.2) is 53.2 Å². The highest BCUT2D eigenvalue weighted by molar-refractivity contribution is 5.50. The van der Waals surface area contributed by atoms with Crippen LogP contribution in [0, 0.1) is 6.92 Å². The lowest BCUT2D eigenvalue weighted by molar-refractivity contribution is 0.504. The van der Waals surface area contributed by atoms with Crippen LogP contribution in [0.1, 0.15) is 17.0 Å². The van der Waals surface area contributed by atoms with Gasteiger partial charge in [0.2, 0.25) is 11.8 Å². The highest BCUT2D eigenvalue weighted by Crippen LogP contribution is 2.17. The predicted octanol–water partition coefficient (Wildman–Crippen LogP) is 3.23. The summed E-state index contributed by atoms with van der Waals surface area (Å²) in [5.41, 5.74) is 3.45. The molecule has 0 aliphatic heterocycles. The fraction of sp³-hybridized carbons (Fsp3) is 0.188. The van der Waals surface area contributed by atoms with E-state index in [9.17, 15) is 0 Å². The molecule has 0 radical (unpaired) electrons. The molecule has 0 unspecified atom stereocenters. The van der Waals surface area contributed by atoms with Gasteiger partial charge in [-0.2, -0.15) is 0 Å². The van der Waals surface area contributed by atoms with E-state index in [1.165, 1.54) is 11.1 Å². The summed E-state index contributed by atoms with van der Waals surface area (Å²) in [6, 6.07) is 12.2. The van der Waals surface area contributed by atoms with Gasteiger partial charge in [-0.05, 0) is 31.0 Å². The molecule has 4 heteroatoms. The van der Waals surface area contributed by atoms with Crippen molar-refractivity contribution in [1.82, 2.24) is 15.2 Å². The summed E-state index contributed by atoms with van der Waals surface area (Å²) in [6.45, 7) is 2.09. The number of benzene rings is 1. The summed E-state index contributed by atoms with van der Waals surface area (Å²) in [5.74, 6) is 1.21. The zero-order valence-corrected chi connectivity index (χ0v) is 11.3. The summed E-state index contributed by atoms with van der Waals surface area (Å²) in [6.07, 6.45) is 5.08. The van der Waals surface area contributed by atoms with E-state index < -0.39 is 0 Å². The second kappa shape index (κ2) is 5.65. The minimum atomic E-state index is 0.548. The molecule has 0 aliphatic rings. The fourth-order valence-corrected chi connectivity index (χ4v) is 2.08. The summed E-state index contributed by atoms with van der Waals surface area (Å²) < 4.78 is 5.67. The molecule has 0 saturated carbocycles. The molecule has 2 heterocycles. The maximum absolute atomic E-state index is 5.67. The average Bonchev–Trinajstić information content (AvgIpc) is 2.95. The Labute approximate surface area is 117 Å². The molecule has 4 nitrogen and oxygen atoms in total. The van der Waals surface area contributed by atoms with E-state index in [2.05, 4.69) is 46.4 Å². The molecular weight excluding hydrogens is 250 g/mol. The molecule has 0 fully saturated rings. The molecule has 0 saturated heterocycles. The van der Waals surface area contributed by atoms with Crippen LogP contribution in [0.2, 0.25) is 0 Å². The Morgan fingerprint density at radius 2 is 1.85 bits per heavy atom. The van der Waals surface area contributed by atoms with Crippen molar-refractivity contribution in [2.24, 2.45) is 0 Å². The average molecular weight is 265 g/mol. The number of aromatic nitrogens is 3. The van der Waals surface area contributed by atoms with Crippen molar-refractivity contribution >= 4 is 0 Å². The second-order valence-corrected chi connectivity index (χ2v) is 4.73. The minimum Gasteiger partial charge on any atom is -0.421 e. The number of hydrogen-bond donors (Lipinski definition) is 0. The van der Waals surface area contributed by atoms with Crippen LogP contribution in [0.4, 0.5) is 0 Å². The maximum atomic E-state index is 5.67. The smallest absolute Gasteiger partial charge is 0.247 e. The van der Waals surface area contributed by atoms with Gasteiger partial charge in [0, 0.05) is 24.4 Å². The lowest BCUT2D eigenvalue weighted by Crippen LogP contribution is -1.92. The molecule has 0 aliphatic carbocycles. The summed E-state index contributed by atoms with van der Waals surface area (Å²) in [7, 11) is 0. The van der Waals surface area contributed by atoms with Crippen LogP contribution in [-0.4, -0.2) is 15.2 Å². The van der Waals surface area contributed by atoms with Crippen LogP contribution >= 0.6 is 0 Å². The molecule has 1 aromatic carbocycles. The summed E-state index contributed by atoms with van der Waals surface area (Å²) in [5, 5.41) is 8.16. The number of nitrogens with zero attached hydrogens (tertiary/aromatic N) is 3. The van der Waals surface area contributed by atoms with Gasteiger partial charge >= 0.3 is 0 Å². The van der Waals surface area contributed by atoms with Gasteiger partial charge in [-0.25, -0.2) is 0 Å². The van der Waals surface area contributed by atoms with Gasteiger partial charge in [-0.15, -0.1) is 10.2 Å². The SMILES string of the molecule is Cc1cccc(CCc2nnc(-c3ccncc3)o2)c1. The van der Waals surface area contributed by atoms with Gasteiger partial charge in [0.15, 0.2) is 0 Å². The maximum Gasteiger partial charge on any atom is 0.247 e. The van der Waals surface area contributed by atoms with Gasteiger partial charge in [0.25, 0.3) is 0 Å². The fourth-order valence-electron chi connectivity index (χ4n) is 2.08. The predicted molar refractivity (Wildman–Crippen MR) is 76.1 cm³/mol. The van der Waals surface area contributed by atoms with Gasteiger partial charge in [-0.1, -0.05) is 29.8 Å². The minimum absolute atomic E-state index is 0.548. The van der Waals surface area contributed by atoms with Gasteiger partial charge in [0.1, 0.15) is 0 Å². The molecule has 0 spiro atoms. The Balaban J connectivity index is 1.69. The van der Waals surface area contributed by atoms with Crippen molar-refractivity contribution in [3.05, 3.63) is 65.8 Å². The van der Waals surface area contributed by atoms with E-state index in [4.69, 9.17) is 4.42 Å². The molecule has 0 bridgehead atoms. The Hall–Kier alpha value is -2.49. The standard InChI is InChI=1S/C16H15N3O/c1-12-3-2-4-13(11-12)5-6-15-18-19-16(20-15)14-7-9-17-10-8-14/h2-4,7-11H,5-6H2,1H3. The van der Waals surface area contributed by atoms with E-state index in [-0.39, 0.29) is 0 Å². The number of rotatable bonds is 4. The van der Waals surface area contributed by atoms with Crippen molar-refractivity contribution in [3.63, 3.8) is 0 Å². The first kappa shape index (κ1) is 12.5. The molecular formula is C16H15N3O. The van der Waals surface area contributed by atoms with Crippen molar-refractivity contribution in [3.8, 4) is 11.5 Å². The Bertz CT molecular complexity index is 692. The lowest BCUT2D eigenvalue weighted by Gasteiger charge is -1.99. The Kier molecular flexibility index (Phi) is 3.54. The zero-order valence-electron chi connectivity index (χ0n) is 11.3. The topological polar surface area (TPSA) is 51.8 Å². The van der Waals surface area contributed by atoms with Gasteiger partial charge < -0.3 is 4.42 Å². The third-order valence-electron chi connectivity index (χ3n) is 3.10. The van der Waals surface area contributed by atoms with Crippen molar-refractivity contribution in [2.45, 2.75) is 19.8 Å². The highest BCUT2D eigenvalue weighted by Gasteiger charge is 2.08. The largest absolute Gasteiger partial charge is 0.421 e. The monoisotopic (exact) mass is 265 g/mol.